The van der Waals surface area contributed by atoms with E-state index in [0.717, 1.165) is 12.1 Å². The van der Waals surface area contributed by atoms with Gasteiger partial charge in [0, 0.05) is 17.2 Å². The summed E-state index contributed by atoms with van der Waals surface area (Å²) in [5.74, 6) is -2.50. The lowest BCUT2D eigenvalue weighted by molar-refractivity contribution is -0.277. The van der Waals surface area contributed by atoms with E-state index >= 15 is 0 Å². The topological polar surface area (TPSA) is 174 Å². The molecule has 0 bridgehead atoms. The quantitative estimate of drug-likeness (QED) is 0.312. The summed E-state index contributed by atoms with van der Waals surface area (Å²) in [4.78, 5) is 26.2. The molecule has 1 fully saturated rings. The summed E-state index contributed by atoms with van der Waals surface area (Å²) in [6.45, 7) is 0.965. The molecular weight excluding hydrogens is 412 g/mol. The number of carbonyl (C=O) groups excluding carboxylic acids is 2. The maximum absolute atomic E-state index is 13.2. The van der Waals surface area contributed by atoms with Crippen LogP contribution < -0.4 is 4.74 Å². The van der Waals surface area contributed by atoms with E-state index in [-0.39, 0.29) is 33.8 Å². The molecule has 0 aromatic heterocycles. The van der Waals surface area contributed by atoms with Gasteiger partial charge in [-0.05, 0) is 30.7 Å². The van der Waals surface area contributed by atoms with Crippen molar-refractivity contribution < 1.29 is 49.7 Å². The zero-order valence-electron chi connectivity index (χ0n) is 16.2. The first-order chi connectivity index (χ1) is 14.6. The predicted octanol–water partition coefficient (Wildman–Crippen LogP) is -0.640. The van der Waals surface area contributed by atoms with Gasteiger partial charge >= 0.3 is 0 Å². The van der Waals surface area contributed by atoms with Crippen LogP contribution in [0.15, 0.2) is 24.3 Å². The molecule has 2 aromatic carbocycles. The monoisotopic (exact) mass is 432 g/mol. The fraction of sp³-hybridized carbons (Fsp3) is 0.333. The average Bonchev–Trinajstić information content (AvgIpc) is 2.71. The van der Waals surface area contributed by atoms with E-state index in [4.69, 9.17) is 9.47 Å². The van der Waals surface area contributed by atoms with Crippen molar-refractivity contribution in [2.24, 2.45) is 0 Å². The largest absolute Gasteiger partial charge is 0.508 e. The van der Waals surface area contributed by atoms with E-state index in [0.29, 0.717) is 5.56 Å². The minimum absolute atomic E-state index is 0.0397. The van der Waals surface area contributed by atoms with E-state index < -0.39 is 54.6 Å². The van der Waals surface area contributed by atoms with Crippen molar-refractivity contribution in [3.63, 3.8) is 0 Å². The van der Waals surface area contributed by atoms with Crippen LogP contribution in [0.4, 0.5) is 0 Å². The van der Waals surface area contributed by atoms with Gasteiger partial charge in [-0.1, -0.05) is 0 Å². The van der Waals surface area contributed by atoms with Crippen LogP contribution in [-0.4, -0.2) is 79.5 Å². The Balaban J connectivity index is 1.79. The Bertz CT molecular complexity index is 1080. The van der Waals surface area contributed by atoms with Crippen molar-refractivity contribution in [3.8, 4) is 17.2 Å². The van der Waals surface area contributed by atoms with E-state index in [1.807, 2.05) is 0 Å². The first kappa shape index (κ1) is 21.2. The number of aliphatic hydroxyl groups is 4. The molecule has 0 radical (unpaired) electrons. The molecule has 2 aliphatic rings. The highest BCUT2D eigenvalue weighted by Gasteiger charge is 2.45. The molecule has 0 spiro atoms. The molecule has 31 heavy (non-hydrogen) atoms. The van der Waals surface area contributed by atoms with Crippen molar-refractivity contribution in [2.75, 3.05) is 6.61 Å². The van der Waals surface area contributed by atoms with Gasteiger partial charge in [-0.2, -0.15) is 0 Å². The van der Waals surface area contributed by atoms with Gasteiger partial charge in [-0.15, -0.1) is 0 Å². The van der Waals surface area contributed by atoms with Crippen molar-refractivity contribution in [3.05, 3.63) is 52.1 Å². The van der Waals surface area contributed by atoms with Crippen LogP contribution in [0.3, 0.4) is 0 Å². The minimum atomic E-state index is -1.72. The highest BCUT2D eigenvalue weighted by Crippen LogP contribution is 2.40. The third kappa shape index (κ3) is 3.34. The first-order valence-electron chi connectivity index (χ1n) is 9.41. The second-order valence-electron chi connectivity index (χ2n) is 7.55. The number of phenols is 2. The SMILES string of the molecule is Cc1cc(O[C@H]2O[C@H](CO)[C@H](O)[C@@H](O)[C@H]2O)c2c(c1)C(=O)c1cc(O)cc(O)c1C2=O. The van der Waals surface area contributed by atoms with Crippen LogP contribution in [0.1, 0.15) is 37.4 Å². The number of hydrogen-bond acceptors (Lipinski definition) is 10. The van der Waals surface area contributed by atoms with Gasteiger partial charge in [0.1, 0.15) is 41.7 Å². The number of carbonyl (C=O) groups is 2. The number of aromatic hydroxyl groups is 2. The molecule has 1 aliphatic carbocycles. The molecule has 10 nitrogen and oxygen atoms in total. The molecule has 164 valence electrons. The first-order valence-corrected chi connectivity index (χ1v) is 9.41. The van der Waals surface area contributed by atoms with Crippen LogP contribution in [0.5, 0.6) is 17.2 Å². The Morgan fingerprint density at radius 3 is 2.26 bits per heavy atom. The molecule has 4 rings (SSSR count). The number of benzene rings is 2. The van der Waals surface area contributed by atoms with Crippen molar-refractivity contribution in [1.29, 1.82) is 0 Å². The molecule has 0 saturated carbocycles. The van der Waals surface area contributed by atoms with Crippen LogP contribution in [-0.2, 0) is 4.74 Å². The average molecular weight is 432 g/mol. The fourth-order valence-electron chi connectivity index (χ4n) is 3.85. The smallest absolute Gasteiger partial charge is 0.229 e. The van der Waals surface area contributed by atoms with Crippen LogP contribution in [0, 0.1) is 6.92 Å². The highest BCUT2D eigenvalue weighted by atomic mass is 16.7. The summed E-state index contributed by atoms with van der Waals surface area (Å²) in [7, 11) is 0. The van der Waals surface area contributed by atoms with Crippen LogP contribution in [0.25, 0.3) is 0 Å². The Morgan fingerprint density at radius 1 is 0.903 bits per heavy atom. The summed E-state index contributed by atoms with van der Waals surface area (Å²) >= 11 is 0. The summed E-state index contributed by atoms with van der Waals surface area (Å²) in [5.41, 5.74) is -0.187. The number of ketones is 2. The second-order valence-corrected chi connectivity index (χ2v) is 7.55. The van der Waals surface area contributed by atoms with E-state index in [1.165, 1.54) is 12.1 Å². The summed E-state index contributed by atoms with van der Waals surface area (Å²) in [6.07, 6.45) is -7.80. The molecule has 1 saturated heterocycles. The number of aryl methyl sites for hydroxylation is 1. The molecule has 1 heterocycles. The lowest BCUT2D eigenvalue weighted by Crippen LogP contribution is -2.60. The summed E-state index contributed by atoms with van der Waals surface area (Å²) in [5, 5.41) is 59.4. The molecule has 1 aliphatic heterocycles. The number of hydrogen-bond donors (Lipinski definition) is 6. The Kier molecular flexibility index (Phi) is 5.20. The number of rotatable bonds is 3. The van der Waals surface area contributed by atoms with Gasteiger partial charge < -0.3 is 40.1 Å². The third-order valence-corrected chi connectivity index (χ3v) is 5.38. The van der Waals surface area contributed by atoms with Gasteiger partial charge in [0.25, 0.3) is 0 Å². The zero-order valence-corrected chi connectivity index (χ0v) is 16.2. The van der Waals surface area contributed by atoms with E-state index in [1.54, 1.807) is 6.92 Å². The second kappa shape index (κ2) is 7.59. The molecule has 0 amide bonds. The van der Waals surface area contributed by atoms with Crippen molar-refractivity contribution in [1.82, 2.24) is 0 Å². The maximum Gasteiger partial charge on any atom is 0.229 e. The Morgan fingerprint density at radius 2 is 1.58 bits per heavy atom. The highest BCUT2D eigenvalue weighted by molar-refractivity contribution is 6.30. The van der Waals surface area contributed by atoms with E-state index in [9.17, 15) is 40.2 Å². The van der Waals surface area contributed by atoms with Gasteiger partial charge in [0.2, 0.25) is 12.1 Å². The number of aliphatic hydroxyl groups excluding tert-OH is 4. The Labute approximate surface area is 175 Å². The number of phenolic OH excluding ortho intramolecular Hbond substituents is 2. The van der Waals surface area contributed by atoms with Crippen LogP contribution >= 0.6 is 0 Å². The fourth-order valence-corrected chi connectivity index (χ4v) is 3.85. The van der Waals surface area contributed by atoms with Crippen molar-refractivity contribution in [2.45, 2.75) is 37.6 Å². The number of ether oxygens (including phenoxy) is 2. The van der Waals surface area contributed by atoms with Crippen molar-refractivity contribution >= 4 is 11.6 Å². The molecule has 10 heteroatoms. The maximum atomic E-state index is 13.2. The molecule has 5 atom stereocenters. The third-order valence-electron chi connectivity index (χ3n) is 5.38. The van der Waals surface area contributed by atoms with Gasteiger partial charge in [0.15, 0.2) is 5.78 Å². The predicted molar refractivity (Wildman–Crippen MR) is 102 cm³/mol. The summed E-state index contributed by atoms with van der Waals surface area (Å²) < 4.78 is 11.0. The molecule has 6 N–H and O–H groups in total. The lowest BCUT2D eigenvalue weighted by Gasteiger charge is -2.39. The van der Waals surface area contributed by atoms with E-state index in [2.05, 4.69) is 0 Å². The van der Waals surface area contributed by atoms with Crippen LogP contribution in [0.2, 0.25) is 0 Å². The number of fused-ring (bicyclic) bond motifs is 2. The van der Waals surface area contributed by atoms with Gasteiger partial charge in [0.05, 0.1) is 17.7 Å². The Hall–Kier alpha value is -3.02. The summed E-state index contributed by atoms with van der Waals surface area (Å²) in [6, 6.07) is 4.87. The van der Waals surface area contributed by atoms with Gasteiger partial charge in [-0.3, -0.25) is 9.59 Å². The zero-order chi connectivity index (χ0) is 22.6. The minimum Gasteiger partial charge on any atom is -0.508 e. The molecule has 2 aromatic rings. The molecular formula is C21H20O10. The van der Waals surface area contributed by atoms with Gasteiger partial charge in [-0.25, -0.2) is 0 Å². The standard InChI is InChI=1S/C21H20O10/c1-7-2-9-15(18(27)14-10(16(9)25)4-8(23)5-11(14)24)12(3-7)30-21-20(29)19(28)17(26)13(6-22)31-21/h2-5,13,17,19-24,26,28-29H,6H2,1H3/t13-,17+,19-,20-,21+/m1/s1. The normalized spacial score (nSPS) is 27.6. The lowest BCUT2D eigenvalue weighted by atomic mass is 9.82. The molecule has 0 unspecified atom stereocenters.